The number of thiocarbonyl (C=S) groups is 1. The number of carbonyl (C=O) groups excluding carboxylic acids is 1. The topological polar surface area (TPSA) is 46.3 Å². The second kappa shape index (κ2) is 4.92. The Bertz CT molecular complexity index is 259. The van der Waals surface area contributed by atoms with Crippen LogP contribution in [0.2, 0.25) is 0 Å². The predicted octanol–water partition coefficient (Wildman–Crippen LogP) is 1.70. The summed E-state index contributed by atoms with van der Waals surface area (Å²) in [5.74, 6) is 0.218. The second-order valence-corrected chi connectivity index (χ2v) is 4.99. The minimum absolute atomic E-state index is 0.125. The van der Waals surface area contributed by atoms with Gasteiger partial charge >= 0.3 is 0 Å². The van der Waals surface area contributed by atoms with Gasteiger partial charge in [0.2, 0.25) is 5.91 Å². The third kappa shape index (κ3) is 2.68. The lowest BCUT2D eigenvalue weighted by molar-refractivity contribution is -0.140. The van der Waals surface area contributed by atoms with E-state index in [4.69, 9.17) is 18.0 Å². The number of hydrogen-bond acceptors (Lipinski definition) is 2. The molecule has 0 aliphatic heterocycles. The molecule has 1 aliphatic carbocycles. The van der Waals surface area contributed by atoms with Crippen LogP contribution in [0.15, 0.2) is 0 Å². The van der Waals surface area contributed by atoms with E-state index < -0.39 is 0 Å². The number of likely N-dealkylation sites (N-methyl/N-ethyl adjacent to an activating group) is 1. The Balaban J connectivity index is 2.68. The first kappa shape index (κ1) is 12.4. The highest BCUT2D eigenvalue weighted by molar-refractivity contribution is 7.80. The lowest BCUT2D eigenvalue weighted by Crippen LogP contribution is -2.43. The molecule has 0 aromatic carbocycles. The summed E-state index contributed by atoms with van der Waals surface area (Å²) in [6, 6.07) is 0. The summed E-state index contributed by atoms with van der Waals surface area (Å²) in [7, 11) is 1.79. The van der Waals surface area contributed by atoms with E-state index in [0.717, 1.165) is 19.3 Å². The molecule has 0 unspecified atom stereocenters. The van der Waals surface area contributed by atoms with Crippen molar-refractivity contribution in [3.63, 3.8) is 0 Å². The minimum Gasteiger partial charge on any atom is -0.392 e. The van der Waals surface area contributed by atoms with Crippen LogP contribution >= 0.6 is 12.2 Å². The molecule has 0 radical (unpaired) electrons. The Kier molecular flexibility index (Phi) is 4.08. The maximum Gasteiger partial charge on any atom is 0.228 e. The third-order valence-corrected chi connectivity index (χ3v) is 3.56. The van der Waals surface area contributed by atoms with E-state index >= 15 is 0 Å². The molecule has 4 heteroatoms. The molecule has 1 amide bonds. The van der Waals surface area contributed by atoms with Gasteiger partial charge in [-0.15, -0.1) is 0 Å². The Morgan fingerprint density at radius 2 is 2.00 bits per heavy atom. The molecule has 0 spiro atoms. The van der Waals surface area contributed by atoms with Crippen LogP contribution in [0.1, 0.15) is 39.0 Å². The zero-order valence-electron chi connectivity index (χ0n) is 9.58. The van der Waals surface area contributed by atoms with Gasteiger partial charge in [-0.3, -0.25) is 4.79 Å². The molecule has 0 aromatic heterocycles. The number of amides is 1. The maximum absolute atomic E-state index is 12.2. The summed E-state index contributed by atoms with van der Waals surface area (Å²) in [5, 5.41) is 0. The van der Waals surface area contributed by atoms with Crippen molar-refractivity contribution in [2.45, 2.75) is 39.0 Å². The van der Waals surface area contributed by atoms with Gasteiger partial charge in [-0.05, 0) is 19.3 Å². The monoisotopic (exact) mass is 228 g/mol. The average Bonchev–Trinajstić information content (AvgIpc) is 2.65. The molecular formula is C11H20N2OS. The number of carbonyl (C=O) groups is 1. The predicted molar refractivity (Wildman–Crippen MR) is 65.6 cm³/mol. The van der Waals surface area contributed by atoms with Crippen molar-refractivity contribution in [2.24, 2.45) is 11.1 Å². The van der Waals surface area contributed by atoms with E-state index in [-0.39, 0.29) is 11.3 Å². The Morgan fingerprint density at radius 1 is 1.47 bits per heavy atom. The van der Waals surface area contributed by atoms with Gasteiger partial charge in [-0.25, -0.2) is 0 Å². The highest BCUT2D eigenvalue weighted by Gasteiger charge is 2.40. The van der Waals surface area contributed by atoms with Gasteiger partial charge < -0.3 is 10.6 Å². The first-order valence-electron chi connectivity index (χ1n) is 5.56. The largest absolute Gasteiger partial charge is 0.392 e. The van der Waals surface area contributed by atoms with E-state index in [1.54, 1.807) is 11.9 Å². The molecule has 0 saturated heterocycles. The van der Waals surface area contributed by atoms with E-state index in [2.05, 4.69) is 6.92 Å². The lowest BCUT2D eigenvalue weighted by atomic mass is 9.82. The summed E-state index contributed by atoms with van der Waals surface area (Å²) in [6.07, 6.45) is 5.29. The van der Waals surface area contributed by atoms with Crippen molar-refractivity contribution in [1.29, 1.82) is 0 Å². The van der Waals surface area contributed by atoms with Crippen molar-refractivity contribution in [3.8, 4) is 0 Å². The van der Waals surface area contributed by atoms with Crippen LogP contribution < -0.4 is 5.73 Å². The van der Waals surface area contributed by atoms with Crippen molar-refractivity contribution in [1.82, 2.24) is 4.90 Å². The van der Waals surface area contributed by atoms with Crippen LogP contribution in [0.3, 0.4) is 0 Å². The summed E-state index contributed by atoms with van der Waals surface area (Å²) in [4.78, 5) is 14.3. The van der Waals surface area contributed by atoms with Crippen LogP contribution in [0.25, 0.3) is 0 Å². The van der Waals surface area contributed by atoms with Crippen LogP contribution in [0.4, 0.5) is 0 Å². The Hall–Kier alpha value is -0.640. The molecule has 0 atom stereocenters. The summed E-state index contributed by atoms with van der Waals surface area (Å²) in [6.45, 7) is 2.49. The quantitative estimate of drug-likeness (QED) is 0.745. The van der Waals surface area contributed by atoms with Crippen LogP contribution in [-0.2, 0) is 4.79 Å². The summed E-state index contributed by atoms with van der Waals surface area (Å²) >= 11 is 4.82. The number of nitrogens with zero attached hydrogens (tertiary/aromatic N) is 1. The summed E-state index contributed by atoms with van der Waals surface area (Å²) < 4.78 is 0. The van der Waals surface area contributed by atoms with Crippen LogP contribution in [0.5, 0.6) is 0 Å². The van der Waals surface area contributed by atoms with Crippen molar-refractivity contribution >= 4 is 23.1 Å². The van der Waals surface area contributed by atoms with Gasteiger partial charge in [0.15, 0.2) is 0 Å². The van der Waals surface area contributed by atoms with E-state index in [9.17, 15) is 4.79 Å². The smallest absolute Gasteiger partial charge is 0.228 e. The van der Waals surface area contributed by atoms with Crippen molar-refractivity contribution in [2.75, 3.05) is 13.6 Å². The molecule has 15 heavy (non-hydrogen) atoms. The Morgan fingerprint density at radius 3 is 2.40 bits per heavy atom. The molecule has 0 aromatic rings. The highest BCUT2D eigenvalue weighted by atomic mass is 32.1. The SMILES string of the molecule is CCC1(C(=O)N(C)CC(N)=S)CCCC1. The zero-order valence-corrected chi connectivity index (χ0v) is 10.4. The zero-order chi connectivity index (χ0) is 11.5. The lowest BCUT2D eigenvalue weighted by Gasteiger charge is -2.31. The molecule has 1 saturated carbocycles. The molecule has 1 aliphatic rings. The van der Waals surface area contributed by atoms with Crippen LogP contribution in [-0.4, -0.2) is 29.4 Å². The van der Waals surface area contributed by atoms with Gasteiger partial charge in [0.25, 0.3) is 0 Å². The molecule has 86 valence electrons. The fraction of sp³-hybridized carbons (Fsp3) is 0.818. The normalized spacial score (nSPS) is 18.8. The first-order valence-corrected chi connectivity index (χ1v) is 5.96. The fourth-order valence-electron chi connectivity index (χ4n) is 2.48. The molecule has 0 heterocycles. The van der Waals surface area contributed by atoms with E-state index in [1.807, 2.05) is 0 Å². The summed E-state index contributed by atoms with van der Waals surface area (Å²) in [5.41, 5.74) is 5.33. The van der Waals surface area contributed by atoms with Gasteiger partial charge in [-0.2, -0.15) is 0 Å². The fourth-order valence-corrected chi connectivity index (χ4v) is 2.67. The van der Waals surface area contributed by atoms with Crippen LogP contribution in [0, 0.1) is 5.41 Å². The maximum atomic E-state index is 12.2. The Labute approximate surface area is 97.0 Å². The van der Waals surface area contributed by atoms with E-state index in [1.165, 1.54) is 12.8 Å². The first-order chi connectivity index (χ1) is 7.02. The molecule has 1 rings (SSSR count). The standard InChI is InChI=1S/C11H20N2OS/c1-3-11(6-4-5-7-11)10(14)13(2)8-9(12)15/h3-8H2,1-2H3,(H2,12,15). The number of rotatable bonds is 4. The average molecular weight is 228 g/mol. The van der Waals surface area contributed by atoms with E-state index in [0.29, 0.717) is 11.5 Å². The third-order valence-electron chi connectivity index (χ3n) is 3.43. The minimum atomic E-state index is -0.125. The van der Waals surface area contributed by atoms with Crippen molar-refractivity contribution in [3.05, 3.63) is 0 Å². The number of hydrogen-bond donors (Lipinski definition) is 1. The number of nitrogens with two attached hydrogens (primary N) is 1. The van der Waals surface area contributed by atoms with Gasteiger partial charge in [0, 0.05) is 12.5 Å². The molecule has 2 N–H and O–H groups in total. The molecule has 0 bridgehead atoms. The van der Waals surface area contributed by atoms with Gasteiger partial charge in [-0.1, -0.05) is 32.0 Å². The van der Waals surface area contributed by atoms with Gasteiger partial charge in [0.1, 0.15) is 0 Å². The molecule has 3 nitrogen and oxygen atoms in total. The molecular weight excluding hydrogens is 208 g/mol. The molecule has 1 fully saturated rings. The highest BCUT2D eigenvalue weighted by Crippen LogP contribution is 2.42. The van der Waals surface area contributed by atoms with Crippen molar-refractivity contribution < 1.29 is 4.79 Å². The second-order valence-electron chi connectivity index (χ2n) is 4.47. The van der Waals surface area contributed by atoms with Gasteiger partial charge in [0.05, 0.1) is 11.5 Å².